The number of nitrogens with two attached hydrogens (primary N) is 1. The molecular formula is C13H17N5O3. The molecular weight excluding hydrogens is 274 g/mol. The highest BCUT2D eigenvalue weighted by Crippen LogP contribution is 2.06. The highest BCUT2D eigenvalue weighted by Gasteiger charge is 2.10. The van der Waals surface area contributed by atoms with Gasteiger partial charge in [0.1, 0.15) is 12.3 Å². The number of nitrogens with zero attached hydrogens (tertiary/aromatic N) is 2. The number of anilines is 1. The molecule has 4 N–H and O–H groups in total. The summed E-state index contributed by atoms with van der Waals surface area (Å²) in [5.74, 6) is 0.304. The van der Waals surface area contributed by atoms with E-state index in [-0.39, 0.29) is 18.6 Å². The molecule has 0 saturated carbocycles. The van der Waals surface area contributed by atoms with Crippen molar-refractivity contribution in [3.05, 3.63) is 36.5 Å². The van der Waals surface area contributed by atoms with Crippen LogP contribution in [0.5, 0.6) is 0 Å². The van der Waals surface area contributed by atoms with E-state index >= 15 is 0 Å². The van der Waals surface area contributed by atoms with Crippen molar-refractivity contribution in [1.82, 2.24) is 15.1 Å². The molecule has 0 aromatic carbocycles. The number of urea groups is 1. The van der Waals surface area contributed by atoms with E-state index in [1.807, 2.05) is 13.0 Å². The van der Waals surface area contributed by atoms with Gasteiger partial charge in [-0.05, 0) is 19.1 Å². The van der Waals surface area contributed by atoms with Crippen LogP contribution in [0.15, 0.2) is 35.2 Å². The molecule has 2 rings (SSSR count). The first-order valence-corrected chi connectivity index (χ1v) is 6.43. The fraction of sp³-hybridized carbons (Fsp3) is 0.308. The van der Waals surface area contributed by atoms with Crippen LogP contribution in [0, 0.1) is 0 Å². The molecule has 0 aliphatic carbocycles. The monoisotopic (exact) mass is 291 g/mol. The number of carbonyl (C=O) groups excluding carboxylic acids is 2. The van der Waals surface area contributed by atoms with E-state index in [1.54, 1.807) is 12.3 Å². The third-order valence-corrected chi connectivity index (χ3v) is 2.67. The van der Waals surface area contributed by atoms with Crippen LogP contribution < -0.4 is 16.4 Å². The largest absolute Gasteiger partial charge is 0.469 e. The number of rotatable bonds is 6. The maximum Gasteiger partial charge on any atom is 0.319 e. The molecule has 0 aliphatic rings. The molecule has 8 nitrogen and oxygen atoms in total. The van der Waals surface area contributed by atoms with Crippen molar-refractivity contribution in [3.8, 4) is 0 Å². The maximum absolute atomic E-state index is 11.8. The van der Waals surface area contributed by atoms with Crippen molar-refractivity contribution in [2.45, 2.75) is 25.9 Å². The summed E-state index contributed by atoms with van der Waals surface area (Å²) in [4.78, 5) is 22.6. The normalized spacial score (nSPS) is 11.9. The molecule has 3 amide bonds. The second-order valence-electron chi connectivity index (χ2n) is 4.68. The molecule has 8 heteroatoms. The molecule has 2 heterocycles. The van der Waals surface area contributed by atoms with Crippen LogP contribution in [0.4, 0.5) is 10.5 Å². The molecule has 0 unspecified atom stereocenters. The Kier molecular flexibility index (Phi) is 4.60. The van der Waals surface area contributed by atoms with Gasteiger partial charge < -0.3 is 20.8 Å². The van der Waals surface area contributed by atoms with Crippen molar-refractivity contribution in [3.63, 3.8) is 0 Å². The van der Waals surface area contributed by atoms with E-state index in [2.05, 4.69) is 15.7 Å². The molecule has 2 aromatic rings. The third kappa shape index (κ3) is 4.68. The molecule has 1 atom stereocenters. The second-order valence-corrected chi connectivity index (χ2v) is 4.68. The zero-order valence-corrected chi connectivity index (χ0v) is 11.6. The Hall–Kier alpha value is -2.77. The second kappa shape index (κ2) is 6.60. The van der Waals surface area contributed by atoms with Crippen molar-refractivity contribution < 1.29 is 14.0 Å². The fourth-order valence-electron chi connectivity index (χ4n) is 1.85. The van der Waals surface area contributed by atoms with Gasteiger partial charge in [-0.3, -0.25) is 9.48 Å². The Morgan fingerprint density at radius 2 is 2.33 bits per heavy atom. The summed E-state index contributed by atoms with van der Waals surface area (Å²) in [6.07, 6.45) is 5.16. The van der Waals surface area contributed by atoms with E-state index in [0.29, 0.717) is 12.1 Å². The third-order valence-electron chi connectivity index (χ3n) is 2.67. The van der Waals surface area contributed by atoms with Crippen molar-refractivity contribution >= 4 is 17.6 Å². The number of hydrogen-bond donors (Lipinski definition) is 3. The predicted molar refractivity (Wildman–Crippen MR) is 75.4 cm³/mol. The number of aromatic nitrogens is 2. The summed E-state index contributed by atoms with van der Waals surface area (Å²) in [7, 11) is 0. The Balaban J connectivity index is 1.81. The van der Waals surface area contributed by atoms with E-state index in [9.17, 15) is 9.59 Å². The number of nitrogens with one attached hydrogen (secondary N) is 2. The van der Waals surface area contributed by atoms with Crippen molar-refractivity contribution in [1.29, 1.82) is 0 Å². The number of primary amides is 1. The van der Waals surface area contributed by atoms with Gasteiger partial charge in [0.15, 0.2) is 0 Å². The number of amides is 3. The van der Waals surface area contributed by atoms with Gasteiger partial charge >= 0.3 is 6.03 Å². The lowest BCUT2D eigenvalue weighted by atomic mass is 10.2. The van der Waals surface area contributed by atoms with Crippen LogP contribution in [0.2, 0.25) is 0 Å². The minimum atomic E-state index is -0.499. The van der Waals surface area contributed by atoms with Gasteiger partial charge in [-0.2, -0.15) is 5.10 Å². The molecule has 0 aliphatic heterocycles. The molecule has 112 valence electrons. The van der Waals surface area contributed by atoms with Crippen LogP contribution in [-0.2, 0) is 17.8 Å². The quantitative estimate of drug-likeness (QED) is 0.727. The number of furan rings is 1. The highest BCUT2D eigenvalue weighted by atomic mass is 16.3. The lowest BCUT2D eigenvalue weighted by Gasteiger charge is -2.12. The van der Waals surface area contributed by atoms with Crippen LogP contribution in [0.3, 0.4) is 0 Å². The predicted octanol–water partition coefficient (Wildman–Crippen LogP) is 0.714. The van der Waals surface area contributed by atoms with Gasteiger partial charge in [-0.15, -0.1) is 0 Å². The summed E-state index contributed by atoms with van der Waals surface area (Å²) < 4.78 is 6.57. The van der Waals surface area contributed by atoms with Crippen LogP contribution in [0.1, 0.15) is 12.7 Å². The fourth-order valence-corrected chi connectivity index (χ4v) is 1.85. The Bertz CT molecular complexity index is 605. The molecule has 0 saturated heterocycles. The number of hydrogen-bond acceptors (Lipinski definition) is 4. The molecule has 0 spiro atoms. The minimum Gasteiger partial charge on any atom is -0.469 e. The SMILES string of the molecule is C[C@@H](Cc1ccco1)NC(=O)Nc1cnn(CC(N)=O)c1. The lowest BCUT2D eigenvalue weighted by Crippen LogP contribution is -2.37. The van der Waals surface area contributed by atoms with E-state index in [0.717, 1.165) is 5.76 Å². The Morgan fingerprint density at radius 1 is 1.52 bits per heavy atom. The Morgan fingerprint density at radius 3 is 3.00 bits per heavy atom. The van der Waals surface area contributed by atoms with Gasteiger partial charge in [0.05, 0.1) is 18.1 Å². The number of carbonyl (C=O) groups is 2. The summed E-state index contributed by atoms with van der Waals surface area (Å²) in [5.41, 5.74) is 5.54. The average Bonchev–Trinajstić information content (AvgIpc) is 3.00. The van der Waals surface area contributed by atoms with E-state index in [4.69, 9.17) is 10.2 Å². The lowest BCUT2D eigenvalue weighted by molar-refractivity contribution is -0.118. The molecule has 0 bridgehead atoms. The van der Waals surface area contributed by atoms with E-state index in [1.165, 1.54) is 17.1 Å². The average molecular weight is 291 g/mol. The summed E-state index contributed by atoms with van der Waals surface area (Å²) in [6.45, 7) is 1.84. The van der Waals surface area contributed by atoms with E-state index < -0.39 is 5.91 Å². The van der Waals surface area contributed by atoms with Crippen molar-refractivity contribution in [2.75, 3.05) is 5.32 Å². The first kappa shape index (κ1) is 14.6. The Labute approximate surface area is 121 Å². The molecule has 0 fully saturated rings. The van der Waals surface area contributed by atoms with Gasteiger partial charge in [0, 0.05) is 18.7 Å². The summed E-state index contributed by atoms with van der Waals surface area (Å²) >= 11 is 0. The highest BCUT2D eigenvalue weighted by molar-refractivity contribution is 5.89. The zero-order chi connectivity index (χ0) is 15.2. The maximum atomic E-state index is 11.8. The summed E-state index contributed by atoms with van der Waals surface area (Å²) in [6, 6.07) is 3.21. The first-order valence-electron chi connectivity index (χ1n) is 6.43. The van der Waals surface area contributed by atoms with Gasteiger partial charge in [0.2, 0.25) is 5.91 Å². The topological polar surface area (TPSA) is 115 Å². The smallest absolute Gasteiger partial charge is 0.319 e. The van der Waals surface area contributed by atoms with Gasteiger partial charge in [0.25, 0.3) is 0 Å². The zero-order valence-electron chi connectivity index (χ0n) is 11.6. The molecule has 0 radical (unpaired) electrons. The van der Waals surface area contributed by atoms with Crippen LogP contribution in [-0.4, -0.2) is 27.8 Å². The van der Waals surface area contributed by atoms with Crippen LogP contribution >= 0.6 is 0 Å². The van der Waals surface area contributed by atoms with Gasteiger partial charge in [-0.1, -0.05) is 0 Å². The van der Waals surface area contributed by atoms with Crippen molar-refractivity contribution in [2.24, 2.45) is 5.73 Å². The standard InChI is InChI=1S/C13H17N5O3/c1-9(5-11-3-2-4-21-11)16-13(20)17-10-6-15-18(7-10)8-12(14)19/h2-4,6-7,9H,5,8H2,1H3,(H2,14,19)(H2,16,17,20)/t9-/m0/s1. The van der Waals surface area contributed by atoms with Gasteiger partial charge in [-0.25, -0.2) is 4.79 Å². The molecule has 21 heavy (non-hydrogen) atoms. The summed E-state index contributed by atoms with van der Waals surface area (Å²) in [5, 5.41) is 9.32. The molecule has 2 aromatic heterocycles. The minimum absolute atomic E-state index is 0.0296. The first-order chi connectivity index (χ1) is 10.0. The van der Waals surface area contributed by atoms with Crippen LogP contribution in [0.25, 0.3) is 0 Å².